The Bertz CT molecular complexity index is 930. The van der Waals surface area contributed by atoms with Crippen molar-refractivity contribution in [1.82, 2.24) is 10.4 Å². The maximum atomic E-state index is 13.6. The van der Waals surface area contributed by atoms with Crippen molar-refractivity contribution in [1.29, 1.82) is 0 Å². The molecule has 0 saturated heterocycles. The van der Waals surface area contributed by atoms with Crippen LogP contribution in [0, 0.1) is 11.6 Å². The van der Waals surface area contributed by atoms with Crippen molar-refractivity contribution in [3.8, 4) is 17.0 Å². The summed E-state index contributed by atoms with van der Waals surface area (Å²) in [7, 11) is 1.31. The van der Waals surface area contributed by atoms with E-state index in [4.69, 9.17) is 4.74 Å². The van der Waals surface area contributed by atoms with E-state index in [1.54, 1.807) is 30.3 Å². The molecule has 0 aliphatic heterocycles. The zero-order valence-electron chi connectivity index (χ0n) is 13.8. The molecule has 3 rings (SSSR count). The van der Waals surface area contributed by atoms with Crippen molar-refractivity contribution in [3.05, 3.63) is 78.0 Å². The Morgan fingerprint density at radius 2 is 1.81 bits per heavy atom. The highest BCUT2D eigenvalue weighted by Crippen LogP contribution is 2.21. The van der Waals surface area contributed by atoms with Gasteiger partial charge in [-0.2, -0.15) is 0 Å². The first kappa shape index (κ1) is 17.3. The second kappa shape index (κ2) is 7.60. The van der Waals surface area contributed by atoms with Crippen molar-refractivity contribution in [2.45, 2.75) is 0 Å². The van der Waals surface area contributed by atoms with E-state index in [0.717, 1.165) is 17.2 Å². The highest BCUT2D eigenvalue weighted by atomic mass is 19.1. The number of halogens is 2. The van der Waals surface area contributed by atoms with Crippen LogP contribution in [0.15, 0.2) is 60.8 Å². The van der Waals surface area contributed by atoms with E-state index in [2.05, 4.69) is 15.8 Å². The smallest absolute Gasteiger partial charge is 0.269 e. The number of benzene rings is 2. The van der Waals surface area contributed by atoms with Gasteiger partial charge in [0.2, 0.25) is 5.88 Å². The molecule has 132 valence electrons. The molecule has 2 aromatic carbocycles. The van der Waals surface area contributed by atoms with Crippen molar-refractivity contribution >= 4 is 11.6 Å². The number of methoxy groups -OCH3 is 1. The van der Waals surface area contributed by atoms with E-state index >= 15 is 0 Å². The van der Waals surface area contributed by atoms with E-state index in [-0.39, 0.29) is 17.4 Å². The van der Waals surface area contributed by atoms with Crippen LogP contribution in [0.1, 0.15) is 10.4 Å². The maximum absolute atomic E-state index is 13.6. The second-order valence-electron chi connectivity index (χ2n) is 5.38. The molecule has 0 spiro atoms. The van der Waals surface area contributed by atoms with Crippen LogP contribution in [-0.4, -0.2) is 18.0 Å². The number of hydrogen-bond acceptors (Lipinski definition) is 4. The third-order valence-electron chi connectivity index (χ3n) is 3.62. The topological polar surface area (TPSA) is 63.2 Å². The summed E-state index contributed by atoms with van der Waals surface area (Å²) < 4.78 is 31.4. The lowest BCUT2D eigenvalue weighted by Gasteiger charge is -2.10. The minimum atomic E-state index is -0.648. The van der Waals surface area contributed by atoms with Crippen LogP contribution >= 0.6 is 0 Å². The van der Waals surface area contributed by atoms with Crippen LogP contribution in [0.25, 0.3) is 11.1 Å². The number of carbonyl (C=O) groups is 1. The van der Waals surface area contributed by atoms with Gasteiger partial charge in [0.05, 0.1) is 19.0 Å². The van der Waals surface area contributed by atoms with E-state index in [1.165, 1.54) is 25.4 Å². The number of pyridine rings is 1. The lowest BCUT2D eigenvalue weighted by molar-refractivity contribution is 0.0962. The number of hydrazine groups is 1. The van der Waals surface area contributed by atoms with Gasteiger partial charge in [0.15, 0.2) is 5.82 Å². The molecular formula is C19H15F2N3O2. The molecule has 0 fully saturated rings. The number of nitrogens with zero attached hydrogens (tertiary/aromatic N) is 1. The van der Waals surface area contributed by atoms with E-state index in [0.29, 0.717) is 5.56 Å². The average Bonchev–Trinajstić information content (AvgIpc) is 2.67. The van der Waals surface area contributed by atoms with Crippen molar-refractivity contribution < 1.29 is 18.3 Å². The molecule has 0 radical (unpaired) electrons. The minimum absolute atomic E-state index is 0.131. The van der Waals surface area contributed by atoms with E-state index in [1.807, 2.05) is 6.07 Å². The first-order valence-electron chi connectivity index (χ1n) is 7.69. The molecule has 0 aliphatic carbocycles. The second-order valence-corrected chi connectivity index (χ2v) is 5.38. The van der Waals surface area contributed by atoms with Gasteiger partial charge in [-0.15, -0.1) is 0 Å². The van der Waals surface area contributed by atoms with Gasteiger partial charge in [-0.25, -0.2) is 13.8 Å². The summed E-state index contributed by atoms with van der Waals surface area (Å²) >= 11 is 0. The van der Waals surface area contributed by atoms with E-state index < -0.39 is 11.7 Å². The summed E-state index contributed by atoms with van der Waals surface area (Å²) in [6.07, 6.45) is 1.33. The van der Waals surface area contributed by atoms with Crippen LogP contribution in [0.2, 0.25) is 0 Å². The van der Waals surface area contributed by atoms with Gasteiger partial charge in [0.25, 0.3) is 5.91 Å². The number of nitrogens with one attached hydrogen (secondary N) is 2. The molecule has 0 saturated carbocycles. The molecule has 1 amide bonds. The first-order valence-corrected chi connectivity index (χ1v) is 7.69. The molecule has 0 aliphatic rings. The molecule has 3 aromatic rings. The molecular weight excluding hydrogens is 340 g/mol. The summed E-state index contributed by atoms with van der Waals surface area (Å²) in [5.74, 6) is -1.52. The fourth-order valence-electron chi connectivity index (χ4n) is 2.33. The fourth-order valence-corrected chi connectivity index (χ4v) is 2.33. The highest BCUT2D eigenvalue weighted by Gasteiger charge is 2.09. The Morgan fingerprint density at radius 3 is 2.50 bits per heavy atom. The Morgan fingerprint density at radius 1 is 1.04 bits per heavy atom. The number of hydrogen-bond donors (Lipinski definition) is 2. The summed E-state index contributed by atoms with van der Waals surface area (Å²) in [6, 6.07) is 14.0. The minimum Gasteiger partial charge on any atom is -0.479 e. The number of amides is 1. The zero-order chi connectivity index (χ0) is 18.5. The third kappa shape index (κ3) is 3.94. The van der Waals surface area contributed by atoms with Gasteiger partial charge in [-0.3, -0.25) is 15.6 Å². The number of ether oxygens (including phenoxy) is 1. The Kier molecular flexibility index (Phi) is 5.07. The number of aromatic nitrogens is 1. The van der Waals surface area contributed by atoms with Gasteiger partial charge in [-0.05, 0) is 35.4 Å². The average molecular weight is 355 g/mol. The van der Waals surface area contributed by atoms with E-state index in [9.17, 15) is 13.6 Å². The van der Waals surface area contributed by atoms with Crippen LogP contribution in [0.3, 0.4) is 0 Å². The Balaban J connectivity index is 1.71. The van der Waals surface area contributed by atoms with Gasteiger partial charge in [0.1, 0.15) is 5.82 Å². The predicted octanol–water partition coefficient (Wildman–Crippen LogP) is 3.79. The molecule has 0 atom stereocenters. The van der Waals surface area contributed by atoms with Crippen molar-refractivity contribution in [2.24, 2.45) is 0 Å². The van der Waals surface area contributed by atoms with Crippen molar-refractivity contribution in [2.75, 3.05) is 12.5 Å². The maximum Gasteiger partial charge on any atom is 0.269 e. The van der Waals surface area contributed by atoms with Gasteiger partial charge in [-0.1, -0.05) is 24.3 Å². The largest absolute Gasteiger partial charge is 0.479 e. The summed E-state index contributed by atoms with van der Waals surface area (Å²) in [4.78, 5) is 16.1. The standard InChI is InChI=1S/C19H15F2N3O2/c1-26-19-17(21)10-16(11-22-19)23-24-18(25)14-4-2-3-13(9-14)12-5-7-15(20)8-6-12/h2-11,23H,1H3,(H,24,25). The molecule has 1 aromatic heterocycles. The molecule has 7 heteroatoms. The number of rotatable bonds is 5. The monoisotopic (exact) mass is 355 g/mol. The molecule has 0 unspecified atom stereocenters. The van der Waals surface area contributed by atoms with Crippen LogP contribution in [-0.2, 0) is 0 Å². The summed E-state index contributed by atoms with van der Waals surface area (Å²) in [5.41, 5.74) is 7.29. The van der Waals surface area contributed by atoms with Crippen LogP contribution in [0.4, 0.5) is 14.5 Å². The Hall–Kier alpha value is -3.48. The first-order chi connectivity index (χ1) is 12.6. The van der Waals surface area contributed by atoms with Crippen LogP contribution in [0.5, 0.6) is 5.88 Å². The number of carbonyl (C=O) groups excluding carboxylic acids is 1. The molecule has 1 heterocycles. The SMILES string of the molecule is COc1ncc(NNC(=O)c2cccc(-c3ccc(F)cc3)c2)cc1F. The van der Waals surface area contributed by atoms with Crippen LogP contribution < -0.4 is 15.6 Å². The molecule has 26 heavy (non-hydrogen) atoms. The normalized spacial score (nSPS) is 10.3. The zero-order valence-corrected chi connectivity index (χ0v) is 13.8. The lowest BCUT2D eigenvalue weighted by Crippen LogP contribution is -2.29. The quantitative estimate of drug-likeness (QED) is 0.684. The lowest BCUT2D eigenvalue weighted by atomic mass is 10.0. The summed E-state index contributed by atoms with van der Waals surface area (Å²) in [5, 5.41) is 0. The molecule has 2 N–H and O–H groups in total. The molecule has 5 nitrogen and oxygen atoms in total. The predicted molar refractivity (Wildman–Crippen MR) is 93.7 cm³/mol. The Labute approximate surface area is 148 Å². The molecule has 0 bridgehead atoms. The fraction of sp³-hybridized carbons (Fsp3) is 0.0526. The van der Waals surface area contributed by atoms with Gasteiger partial charge < -0.3 is 4.74 Å². The van der Waals surface area contributed by atoms with Gasteiger partial charge in [0, 0.05) is 11.6 Å². The number of anilines is 1. The third-order valence-corrected chi connectivity index (χ3v) is 3.62. The van der Waals surface area contributed by atoms with Crippen molar-refractivity contribution in [3.63, 3.8) is 0 Å². The highest BCUT2D eigenvalue weighted by molar-refractivity contribution is 5.96. The summed E-state index contributed by atoms with van der Waals surface area (Å²) in [6.45, 7) is 0. The van der Waals surface area contributed by atoms with Gasteiger partial charge >= 0.3 is 0 Å².